The summed E-state index contributed by atoms with van der Waals surface area (Å²) in [5.74, 6) is -6.09. The molecule has 0 spiro atoms. The third-order valence-corrected chi connectivity index (χ3v) is 15.0. The highest BCUT2D eigenvalue weighted by Crippen LogP contribution is 2.38. The van der Waals surface area contributed by atoms with Crippen LogP contribution >= 0.6 is 0 Å². The number of nitrogens with zero attached hydrogens (tertiary/aromatic N) is 1. The molecule has 14 nitrogen and oxygen atoms in total. The summed E-state index contributed by atoms with van der Waals surface area (Å²) in [6, 6.07) is -1.03. The third kappa shape index (κ3) is 16.0. The van der Waals surface area contributed by atoms with E-state index in [-0.39, 0.29) is 73.4 Å². The minimum Gasteiger partial charge on any atom is -0.461 e. The van der Waals surface area contributed by atoms with Crippen LogP contribution in [0.25, 0.3) is 0 Å². The zero-order valence-corrected chi connectivity index (χ0v) is 42.9. The molecule has 14 heteroatoms. The molecule has 2 saturated heterocycles. The maximum absolute atomic E-state index is 14.5. The van der Waals surface area contributed by atoms with Gasteiger partial charge < -0.3 is 48.6 Å². The normalized spacial score (nSPS) is 39.1. The Morgan fingerprint density at radius 2 is 1.59 bits per heavy atom. The quantitative estimate of drug-likeness (QED) is 0.112. The molecule has 68 heavy (non-hydrogen) atoms. The largest absolute Gasteiger partial charge is 0.461 e. The van der Waals surface area contributed by atoms with Crippen LogP contribution in [0.3, 0.4) is 0 Å². The molecular formula is C54H87NO13. The molecule has 0 radical (unpaired) electrons. The fourth-order valence-corrected chi connectivity index (χ4v) is 10.8. The molecule has 0 aromatic heterocycles. The van der Waals surface area contributed by atoms with Crippen molar-refractivity contribution in [3.63, 3.8) is 0 Å². The first-order valence-electron chi connectivity index (χ1n) is 25.7. The number of rotatable bonds is 10. The topological polar surface area (TPSA) is 188 Å². The van der Waals surface area contributed by atoms with Gasteiger partial charge in [0, 0.05) is 45.6 Å². The Morgan fingerprint density at radius 1 is 0.838 bits per heavy atom. The molecule has 1 unspecified atom stereocenters. The minimum atomic E-state index is -2.39. The van der Waals surface area contributed by atoms with E-state index in [1.54, 1.807) is 21.0 Å². The number of fused-ring (bicyclic) bond motifs is 3. The second-order valence-corrected chi connectivity index (χ2v) is 20.5. The van der Waals surface area contributed by atoms with Crippen LogP contribution in [0.15, 0.2) is 47.6 Å². The molecule has 1 amide bonds. The maximum atomic E-state index is 14.5. The Bertz CT molecular complexity index is 1740. The molecule has 3 N–H and O–H groups in total. The molecular weight excluding hydrogens is 871 g/mol. The molecule has 15 atom stereocenters. The summed E-state index contributed by atoms with van der Waals surface area (Å²) < 4.78 is 36.2. The van der Waals surface area contributed by atoms with Crippen molar-refractivity contribution < 1.29 is 62.9 Å². The first-order valence-corrected chi connectivity index (χ1v) is 25.7. The Kier molecular flexibility index (Phi) is 23.7. The van der Waals surface area contributed by atoms with Gasteiger partial charge in [-0.25, -0.2) is 4.79 Å². The van der Waals surface area contributed by atoms with Gasteiger partial charge in [0.25, 0.3) is 11.7 Å². The molecule has 0 aromatic carbocycles. The summed E-state index contributed by atoms with van der Waals surface area (Å²) in [6.07, 6.45) is 15.4. The van der Waals surface area contributed by atoms with E-state index >= 15 is 0 Å². The van der Waals surface area contributed by atoms with Crippen LogP contribution in [0, 0.1) is 35.5 Å². The predicted molar refractivity (Wildman–Crippen MR) is 260 cm³/mol. The van der Waals surface area contributed by atoms with Gasteiger partial charge in [0.15, 0.2) is 5.78 Å². The second kappa shape index (κ2) is 28.1. The van der Waals surface area contributed by atoms with Gasteiger partial charge >= 0.3 is 5.97 Å². The molecule has 4 rings (SSSR count). The average molecular weight is 958 g/mol. The lowest BCUT2D eigenvalue weighted by Crippen LogP contribution is -2.61. The number of carbonyl (C=O) groups excluding carboxylic acids is 4. The number of hydrogen-bond acceptors (Lipinski definition) is 13. The van der Waals surface area contributed by atoms with Crippen molar-refractivity contribution in [2.75, 3.05) is 40.6 Å². The van der Waals surface area contributed by atoms with Crippen molar-refractivity contribution in [2.24, 2.45) is 35.5 Å². The van der Waals surface area contributed by atoms with Crippen molar-refractivity contribution >= 4 is 23.4 Å². The summed E-state index contributed by atoms with van der Waals surface area (Å²) in [4.78, 5) is 58.2. The summed E-state index contributed by atoms with van der Waals surface area (Å²) in [6.45, 7) is 16.1. The molecule has 1 aliphatic carbocycles. The van der Waals surface area contributed by atoms with Gasteiger partial charge in [-0.1, -0.05) is 71.1 Å². The van der Waals surface area contributed by atoms with Crippen LogP contribution in [-0.4, -0.2) is 139 Å². The zero-order chi connectivity index (χ0) is 50.1. The SMILES string of the molecule is CCO[C@H]1C[C@@H]2CC[C@@H](C)[C@@](O)(O2)C(=O)C(=O)N2CCCC[C@H]2C(=O)O[C@H](C(C)C[C@@H]2CC[C@@H](OCCO)[C@H](OC)C2)CC[C@H](C)/C=C(\C)[C@@H](O)[C@@H](OC)C(=O)[C@H](C)C[C@H](C)/C=C/C=C/C=C/1C. The number of hydrogen-bond donors (Lipinski definition) is 3. The van der Waals surface area contributed by atoms with Gasteiger partial charge in [0.1, 0.15) is 24.4 Å². The predicted octanol–water partition coefficient (Wildman–Crippen LogP) is 7.41. The van der Waals surface area contributed by atoms with Crippen LogP contribution < -0.4 is 0 Å². The van der Waals surface area contributed by atoms with Gasteiger partial charge in [-0.3, -0.25) is 14.4 Å². The van der Waals surface area contributed by atoms with E-state index < -0.39 is 59.8 Å². The van der Waals surface area contributed by atoms with Gasteiger partial charge in [-0.15, -0.1) is 0 Å². The second-order valence-electron chi connectivity index (χ2n) is 20.5. The number of methoxy groups -OCH3 is 2. The van der Waals surface area contributed by atoms with E-state index in [1.807, 2.05) is 71.1 Å². The summed E-state index contributed by atoms with van der Waals surface area (Å²) >= 11 is 0. The van der Waals surface area contributed by atoms with E-state index in [4.69, 9.17) is 28.4 Å². The standard InChI is InChI=1S/C54H87NO13/c1-11-65-46-33-42-23-21-40(8)54(62,68-42)51(59)52(60)55-26-16-15-19-43(55)53(61)67-44(37(5)31-41-22-25-45(66-28-27-56)47(32-41)63-9)24-20-35(3)30-39(7)49(58)50(64-10)48(57)38(6)29-34(2)17-13-12-14-18-36(46)4/h12-14,17-18,30,34-35,37-38,40-47,49-50,56,58,62H,11,15-16,19-29,31-33H2,1-10H3/b14-12+,17-13+,36-18+,39-30+/t34-,35+,37?,38-,40-,41+,42+,43+,44+,45-,46+,47-,49-,50+,54-/m1/s1. The van der Waals surface area contributed by atoms with Crippen molar-refractivity contribution in [3.05, 3.63) is 47.6 Å². The van der Waals surface area contributed by atoms with Gasteiger partial charge in [0.05, 0.1) is 37.6 Å². The first kappa shape index (κ1) is 57.5. The van der Waals surface area contributed by atoms with Gasteiger partial charge in [-0.05, 0) is 133 Å². The van der Waals surface area contributed by atoms with Crippen LogP contribution in [0.5, 0.6) is 0 Å². The Balaban J connectivity index is 1.68. The maximum Gasteiger partial charge on any atom is 0.329 e. The monoisotopic (exact) mass is 958 g/mol. The number of aliphatic hydroxyl groups excluding tert-OH is 2. The number of carbonyl (C=O) groups is 4. The van der Waals surface area contributed by atoms with E-state index in [0.29, 0.717) is 70.0 Å². The zero-order valence-electron chi connectivity index (χ0n) is 42.9. The molecule has 386 valence electrons. The van der Waals surface area contributed by atoms with Crippen molar-refractivity contribution in [1.29, 1.82) is 0 Å². The van der Waals surface area contributed by atoms with E-state index in [1.165, 1.54) is 12.0 Å². The Hall–Kier alpha value is -3.08. The average Bonchev–Trinajstić information content (AvgIpc) is 3.32. The van der Waals surface area contributed by atoms with E-state index in [0.717, 1.165) is 31.3 Å². The van der Waals surface area contributed by atoms with E-state index in [2.05, 4.69) is 6.92 Å². The highest BCUT2D eigenvalue weighted by atomic mass is 16.6. The van der Waals surface area contributed by atoms with Gasteiger partial charge in [-0.2, -0.15) is 0 Å². The molecule has 4 aliphatic rings. The molecule has 3 heterocycles. The number of esters is 1. The molecule has 2 bridgehead atoms. The van der Waals surface area contributed by atoms with E-state index in [9.17, 15) is 34.5 Å². The van der Waals surface area contributed by atoms with Gasteiger partial charge in [0.2, 0.25) is 5.79 Å². The minimum absolute atomic E-state index is 0.0636. The first-order chi connectivity index (χ1) is 32.4. The Morgan fingerprint density at radius 3 is 2.28 bits per heavy atom. The number of Topliss-reactive ketones (excluding diaryl/α,β-unsaturated/α-hetero) is 2. The fourth-order valence-electron chi connectivity index (χ4n) is 10.8. The third-order valence-electron chi connectivity index (χ3n) is 15.0. The fraction of sp³-hybridized carbons (Fsp3) is 0.778. The number of ether oxygens (including phenoxy) is 6. The Labute approximate surface area is 407 Å². The summed E-state index contributed by atoms with van der Waals surface area (Å²) in [5.41, 5.74) is 1.53. The molecule has 1 saturated carbocycles. The van der Waals surface area contributed by atoms with Crippen LogP contribution in [0.2, 0.25) is 0 Å². The number of allylic oxidation sites excluding steroid dienone is 6. The summed E-state index contributed by atoms with van der Waals surface area (Å²) in [5, 5.41) is 32.9. The highest BCUT2D eigenvalue weighted by molar-refractivity contribution is 6.39. The van der Waals surface area contributed by atoms with Crippen LogP contribution in [0.4, 0.5) is 0 Å². The number of cyclic esters (lactones) is 1. The smallest absolute Gasteiger partial charge is 0.329 e. The lowest BCUT2D eigenvalue weighted by Gasteiger charge is -2.43. The van der Waals surface area contributed by atoms with Crippen molar-refractivity contribution in [3.8, 4) is 0 Å². The number of ketones is 2. The highest BCUT2D eigenvalue weighted by Gasteiger charge is 2.53. The lowest BCUT2D eigenvalue weighted by atomic mass is 9.78. The van der Waals surface area contributed by atoms with Crippen molar-refractivity contribution in [2.45, 2.75) is 193 Å². The number of aliphatic hydroxyl groups is 3. The van der Waals surface area contributed by atoms with Crippen LogP contribution in [-0.2, 0) is 47.6 Å². The molecule has 3 aliphatic heterocycles. The van der Waals surface area contributed by atoms with Crippen molar-refractivity contribution in [1.82, 2.24) is 4.90 Å². The molecule has 3 fully saturated rings. The van der Waals surface area contributed by atoms with Crippen LogP contribution in [0.1, 0.15) is 139 Å². The lowest BCUT2D eigenvalue weighted by molar-refractivity contribution is -0.266. The summed E-state index contributed by atoms with van der Waals surface area (Å²) in [7, 11) is 3.12. The number of amides is 1. The molecule has 0 aromatic rings. The number of piperidine rings is 1.